The number of aromatic nitrogens is 1. The van der Waals surface area contributed by atoms with Gasteiger partial charge in [-0.2, -0.15) is 0 Å². The zero-order valence-corrected chi connectivity index (χ0v) is 13.2. The molecule has 2 aromatic rings. The number of sulfonamides is 1. The summed E-state index contributed by atoms with van der Waals surface area (Å²) in [6.07, 6.45) is 0. The first-order chi connectivity index (χ1) is 10.3. The molecule has 9 heteroatoms. The van der Waals surface area contributed by atoms with Gasteiger partial charge in [-0.15, -0.1) is 0 Å². The predicted octanol–water partition coefficient (Wildman–Crippen LogP) is 1.15. The lowest BCUT2D eigenvalue weighted by atomic mass is 10.2. The van der Waals surface area contributed by atoms with Crippen molar-refractivity contribution in [2.75, 3.05) is 13.7 Å². The Bertz CT molecular complexity index is 932. The first kappa shape index (κ1) is 14.9. The van der Waals surface area contributed by atoms with Gasteiger partial charge in [-0.3, -0.25) is 9.59 Å². The summed E-state index contributed by atoms with van der Waals surface area (Å²) in [5.74, 6) is -1.57. The zero-order chi connectivity index (χ0) is 16.2. The third-order valence-electron chi connectivity index (χ3n) is 3.59. The van der Waals surface area contributed by atoms with Crippen LogP contribution in [0.25, 0.3) is 10.9 Å². The zero-order valence-electron chi connectivity index (χ0n) is 11.7. The molecule has 1 aliphatic rings. The molecule has 7 nitrogen and oxygen atoms in total. The van der Waals surface area contributed by atoms with Crippen LogP contribution in [0.3, 0.4) is 0 Å². The lowest BCUT2D eigenvalue weighted by Gasteiger charge is -2.14. The molecule has 1 amide bonds. The van der Waals surface area contributed by atoms with Gasteiger partial charge in [0.1, 0.15) is 17.1 Å². The van der Waals surface area contributed by atoms with E-state index in [1.807, 2.05) is 0 Å². The average molecular weight is 343 g/mol. The second-order valence-corrected chi connectivity index (χ2v) is 7.03. The van der Waals surface area contributed by atoms with Crippen LogP contribution >= 0.6 is 11.6 Å². The summed E-state index contributed by atoms with van der Waals surface area (Å²) in [5, 5.41) is 0.709. The van der Waals surface area contributed by atoms with E-state index in [1.165, 1.54) is 10.6 Å². The number of carbonyl (C=O) groups excluding carboxylic acids is 2. The molecule has 116 valence electrons. The Morgan fingerprint density at radius 2 is 2.05 bits per heavy atom. The van der Waals surface area contributed by atoms with Gasteiger partial charge in [-0.05, 0) is 18.2 Å². The number of benzene rings is 1. The SMILES string of the molecule is COC(=O)CN1C(=O)c2c(c3cc(Cl)ccc3n2C)S1(=O)=O. The second-order valence-electron chi connectivity index (χ2n) is 4.79. The number of aryl methyl sites for hydroxylation is 1. The van der Waals surface area contributed by atoms with Gasteiger partial charge in [0.05, 0.1) is 7.11 Å². The van der Waals surface area contributed by atoms with Crippen LogP contribution in [0.5, 0.6) is 0 Å². The van der Waals surface area contributed by atoms with Crippen LogP contribution in [0.1, 0.15) is 10.5 Å². The maximum absolute atomic E-state index is 12.6. The smallest absolute Gasteiger partial charge is 0.326 e. The molecular formula is C13H11ClN2O5S. The van der Waals surface area contributed by atoms with Crippen molar-refractivity contribution in [3.8, 4) is 0 Å². The maximum Gasteiger partial charge on any atom is 0.326 e. The topological polar surface area (TPSA) is 85.7 Å². The van der Waals surface area contributed by atoms with E-state index in [9.17, 15) is 18.0 Å². The Kier molecular flexibility index (Phi) is 3.19. The van der Waals surface area contributed by atoms with Crippen LogP contribution in [0.15, 0.2) is 23.1 Å². The molecule has 0 spiro atoms. The molecule has 3 rings (SSSR count). The highest BCUT2D eigenvalue weighted by Gasteiger charge is 2.46. The van der Waals surface area contributed by atoms with Crippen molar-refractivity contribution in [1.82, 2.24) is 8.87 Å². The highest BCUT2D eigenvalue weighted by Crippen LogP contribution is 2.38. The minimum absolute atomic E-state index is 0.0150. The molecule has 0 saturated heterocycles. The van der Waals surface area contributed by atoms with Gasteiger partial charge in [0.2, 0.25) is 0 Å². The average Bonchev–Trinajstić information content (AvgIpc) is 2.85. The van der Waals surface area contributed by atoms with Gasteiger partial charge in [0.15, 0.2) is 0 Å². The van der Waals surface area contributed by atoms with Gasteiger partial charge in [-0.25, -0.2) is 12.7 Å². The lowest BCUT2D eigenvalue weighted by Crippen LogP contribution is -2.36. The summed E-state index contributed by atoms with van der Waals surface area (Å²) in [6.45, 7) is -0.658. The molecule has 22 heavy (non-hydrogen) atoms. The molecule has 1 aromatic heterocycles. The molecule has 1 aliphatic heterocycles. The Morgan fingerprint density at radius 1 is 1.36 bits per heavy atom. The van der Waals surface area contributed by atoms with Crippen molar-refractivity contribution >= 4 is 44.4 Å². The van der Waals surface area contributed by atoms with Gasteiger partial charge >= 0.3 is 5.97 Å². The molecule has 0 saturated carbocycles. The van der Waals surface area contributed by atoms with E-state index >= 15 is 0 Å². The van der Waals surface area contributed by atoms with Crippen LogP contribution in [-0.4, -0.2) is 42.8 Å². The van der Waals surface area contributed by atoms with Crippen molar-refractivity contribution in [3.05, 3.63) is 28.9 Å². The van der Waals surface area contributed by atoms with E-state index in [2.05, 4.69) is 4.74 Å². The molecule has 0 bridgehead atoms. The number of carbonyl (C=O) groups is 2. The van der Waals surface area contributed by atoms with Crippen LogP contribution < -0.4 is 0 Å². The van der Waals surface area contributed by atoms with Crippen LogP contribution in [0, 0.1) is 0 Å². The monoisotopic (exact) mass is 342 g/mol. The standard InChI is InChI=1S/C13H11ClN2O5S/c1-15-9-4-3-7(14)5-8(9)12-11(15)13(18)16(22(12,19)20)6-10(17)21-2/h3-5H,6H2,1-2H3. The van der Waals surface area contributed by atoms with E-state index < -0.39 is 28.4 Å². The lowest BCUT2D eigenvalue weighted by molar-refractivity contribution is -0.140. The Hall–Kier alpha value is -2.06. The highest BCUT2D eigenvalue weighted by molar-refractivity contribution is 7.90. The van der Waals surface area contributed by atoms with E-state index in [1.54, 1.807) is 19.2 Å². The fourth-order valence-corrected chi connectivity index (χ4v) is 4.44. The minimum Gasteiger partial charge on any atom is -0.468 e. The Morgan fingerprint density at radius 3 is 2.68 bits per heavy atom. The normalized spacial score (nSPS) is 16.1. The van der Waals surface area contributed by atoms with Gasteiger partial charge < -0.3 is 9.30 Å². The minimum atomic E-state index is -4.12. The number of fused-ring (bicyclic) bond motifs is 3. The molecular weight excluding hydrogens is 332 g/mol. The number of esters is 1. The van der Waals surface area contributed by atoms with E-state index in [4.69, 9.17) is 11.6 Å². The predicted molar refractivity (Wildman–Crippen MR) is 78.2 cm³/mol. The fraction of sp³-hybridized carbons (Fsp3) is 0.231. The molecule has 2 heterocycles. The number of nitrogens with zero attached hydrogens (tertiary/aromatic N) is 2. The van der Waals surface area contributed by atoms with Gasteiger partial charge in [0.25, 0.3) is 15.9 Å². The van der Waals surface area contributed by atoms with Crippen molar-refractivity contribution in [2.24, 2.45) is 7.05 Å². The molecule has 0 atom stereocenters. The van der Waals surface area contributed by atoms with Crippen molar-refractivity contribution in [1.29, 1.82) is 0 Å². The summed E-state index contributed by atoms with van der Waals surface area (Å²) < 4.78 is 31.7. The number of methoxy groups -OCH3 is 1. The first-order valence-electron chi connectivity index (χ1n) is 6.21. The second kappa shape index (κ2) is 4.72. The number of amides is 1. The molecule has 0 fully saturated rings. The molecule has 0 unspecified atom stereocenters. The highest BCUT2D eigenvalue weighted by atomic mass is 35.5. The fourth-order valence-electron chi connectivity index (χ4n) is 2.56. The summed E-state index contributed by atoms with van der Waals surface area (Å²) in [5.41, 5.74) is 0.588. The van der Waals surface area contributed by atoms with E-state index in [-0.39, 0.29) is 10.6 Å². The van der Waals surface area contributed by atoms with Gasteiger partial charge in [0, 0.05) is 23.0 Å². The van der Waals surface area contributed by atoms with Crippen LogP contribution in [0.4, 0.5) is 0 Å². The maximum atomic E-state index is 12.6. The Balaban J connectivity index is 2.29. The molecule has 0 radical (unpaired) electrons. The van der Waals surface area contributed by atoms with E-state index in [0.717, 1.165) is 7.11 Å². The number of ether oxygens (including phenoxy) is 1. The number of hydrogen-bond donors (Lipinski definition) is 0. The summed E-state index contributed by atoms with van der Waals surface area (Å²) in [4.78, 5) is 23.7. The molecule has 0 N–H and O–H groups in total. The van der Waals surface area contributed by atoms with Gasteiger partial charge in [-0.1, -0.05) is 11.6 Å². The van der Waals surface area contributed by atoms with Crippen molar-refractivity contribution in [3.63, 3.8) is 0 Å². The number of rotatable bonds is 2. The van der Waals surface area contributed by atoms with E-state index in [0.29, 0.717) is 20.2 Å². The summed E-state index contributed by atoms with van der Waals surface area (Å²) >= 11 is 5.93. The third kappa shape index (κ3) is 1.84. The number of hydrogen-bond acceptors (Lipinski definition) is 5. The molecule has 1 aromatic carbocycles. The Labute approximate surface area is 131 Å². The molecule has 0 aliphatic carbocycles. The van der Waals surface area contributed by atoms with Crippen LogP contribution in [-0.2, 0) is 26.6 Å². The third-order valence-corrected chi connectivity index (χ3v) is 5.63. The van der Waals surface area contributed by atoms with Crippen LogP contribution in [0.2, 0.25) is 5.02 Å². The van der Waals surface area contributed by atoms with Crippen molar-refractivity contribution < 1.29 is 22.7 Å². The largest absolute Gasteiger partial charge is 0.468 e. The summed E-state index contributed by atoms with van der Waals surface area (Å²) in [6, 6.07) is 4.74. The number of halogens is 1. The first-order valence-corrected chi connectivity index (χ1v) is 8.02. The quantitative estimate of drug-likeness (QED) is 0.764. The summed E-state index contributed by atoms with van der Waals surface area (Å²) in [7, 11) is -1.41. The van der Waals surface area contributed by atoms with Crippen molar-refractivity contribution in [2.45, 2.75) is 4.90 Å².